The van der Waals surface area contributed by atoms with E-state index in [0.29, 0.717) is 6.04 Å². The van der Waals surface area contributed by atoms with Crippen molar-refractivity contribution in [1.29, 1.82) is 0 Å². The van der Waals surface area contributed by atoms with Gasteiger partial charge in [0.15, 0.2) is 0 Å². The SMILES string of the molecule is CC(CCc1ccco1)Nc1cncnc1. The molecule has 0 aliphatic carbocycles. The molecule has 4 nitrogen and oxygen atoms in total. The molecule has 2 aromatic rings. The number of nitrogens with one attached hydrogen (secondary N) is 1. The van der Waals surface area contributed by atoms with Crippen molar-refractivity contribution in [3.63, 3.8) is 0 Å². The van der Waals surface area contributed by atoms with Crippen LogP contribution in [0.4, 0.5) is 5.69 Å². The van der Waals surface area contributed by atoms with Crippen molar-refractivity contribution in [2.24, 2.45) is 0 Å². The molecule has 0 fully saturated rings. The molecule has 2 rings (SSSR count). The van der Waals surface area contributed by atoms with Gasteiger partial charge in [-0.15, -0.1) is 0 Å². The highest BCUT2D eigenvalue weighted by Crippen LogP contribution is 2.09. The predicted molar refractivity (Wildman–Crippen MR) is 62.1 cm³/mol. The normalized spacial score (nSPS) is 12.3. The van der Waals surface area contributed by atoms with Crippen molar-refractivity contribution in [2.75, 3.05) is 5.32 Å². The predicted octanol–water partition coefficient (Wildman–Crippen LogP) is 2.50. The van der Waals surface area contributed by atoms with Gasteiger partial charge in [0.25, 0.3) is 0 Å². The highest BCUT2D eigenvalue weighted by atomic mass is 16.3. The highest BCUT2D eigenvalue weighted by Gasteiger charge is 2.04. The summed E-state index contributed by atoms with van der Waals surface area (Å²) in [5.74, 6) is 1.03. The van der Waals surface area contributed by atoms with Crippen molar-refractivity contribution in [3.8, 4) is 0 Å². The molecule has 0 aromatic carbocycles. The molecule has 84 valence electrons. The number of rotatable bonds is 5. The number of furan rings is 1. The first-order valence-corrected chi connectivity index (χ1v) is 5.38. The molecule has 4 heteroatoms. The topological polar surface area (TPSA) is 51.0 Å². The molecule has 1 atom stereocenters. The number of anilines is 1. The van der Waals surface area contributed by atoms with Crippen LogP contribution in [-0.2, 0) is 6.42 Å². The maximum atomic E-state index is 5.28. The van der Waals surface area contributed by atoms with Crippen LogP contribution in [0.15, 0.2) is 41.5 Å². The number of hydrogen-bond acceptors (Lipinski definition) is 4. The lowest BCUT2D eigenvalue weighted by Crippen LogP contribution is -2.16. The van der Waals surface area contributed by atoms with Crippen LogP contribution in [0.1, 0.15) is 19.1 Å². The Morgan fingerprint density at radius 1 is 1.38 bits per heavy atom. The molecule has 0 radical (unpaired) electrons. The molecule has 0 saturated carbocycles. The molecule has 2 aromatic heterocycles. The Balaban J connectivity index is 1.78. The molecule has 0 aliphatic rings. The first-order chi connectivity index (χ1) is 7.84. The Hall–Kier alpha value is -1.84. The lowest BCUT2D eigenvalue weighted by atomic mass is 10.1. The summed E-state index contributed by atoms with van der Waals surface area (Å²) in [4.78, 5) is 7.91. The van der Waals surface area contributed by atoms with E-state index in [1.165, 1.54) is 6.33 Å². The minimum Gasteiger partial charge on any atom is -0.469 e. The van der Waals surface area contributed by atoms with E-state index in [0.717, 1.165) is 24.3 Å². The second kappa shape index (κ2) is 5.30. The molecule has 0 spiro atoms. The summed E-state index contributed by atoms with van der Waals surface area (Å²) in [6.07, 6.45) is 8.74. The molecule has 0 amide bonds. The molecule has 0 saturated heterocycles. The summed E-state index contributed by atoms with van der Waals surface area (Å²) in [6.45, 7) is 2.13. The van der Waals surface area contributed by atoms with Gasteiger partial charge in [0.2, 0.25) is 0 Å². The van der Waals surface area contributed by atoms with Gasteiger partial charge >= 0.3 is 0 Å². The van der Waals surface area contributed by atoms with Crippen molar-refractivity contribution in [1.82, 2.24) is 9.97 Å². The van der Waals surface area contributed by atoms with Crippen LogP contribution >= 0.6 is 0 Å². The molecule has 1 unspecified atom stereocenters. The summed E-state index contributed by atoms with van der Waals surface area (Å²) in [7, 11) is 0. The van der Waals surface area contributed by atoms with Crippen molar-refractivity contribution < 1.29 is 4.42 Å². The fraction of sp³-hybridized carbons (Fsp3) is 0.333. The third-order valence-corrected chi connectivity index (χ3v) is 2.38. The summed E-state index contributed by atoms with van der Waals surface area (Å²) >= 11 is 0. The van der Waals surface area contributed by atoms with E-state index in [1.807, 2.05) is 12.1 Å². The Morgan fingerprint density at radius 3 is 2.88 bits per heavy atom. The highest BCUT2D eigenvalue weighted by molar-refractivity contribution is 5.37. The number of aryl methyl sites for hydroxylation is 1. The fourth-order valence-electron chi connectivity index (χ4n) is 1.54. The Bertz CT molecular complexity index is 399. The molecule has 0 aliphatic heterocycles. The minimum absolute atomic E-state index is 0.371. The second-order valence-electron chi connectivity index (χ2n) is 3.79. The lowest BCUT2D eigenvalue weighted by molar-refractivity contribution is 0.495. The zero-order chi connectivity index (χ0) is 11.2. The summed E-state index contributed by atoms with van der Waals surface area (Å²) < 4.78 is 5.28. The van der Waals surface area contributed by atoms with Gasteiger partial charge in [-0.05, 0) is 25.5 Å². The molecular weight excluding hydrogens is 202 g/mol. The van der Waals surface area contributed by atoms with E-state index < -0.39 is 0 Å². The first kappa shape index (κ1) is 10.7. The van der Waals surface area contributed by atoms with Crippen LogP contribution in [0.25, 0.3) is 0 Å². The molecular formula is C12H15N3O. The maximum Gasteiger partial charge on any atom is 0.115 e. The fourth-order valence-corrected chi connectivity index (χ4v) is 1.54. The third-order valence-electron chi connectivity index (χ3n) is 2.38. The van der Waals surface area contributed by atoms with Gasteiger partial charge in [0.1, 0.15) is 12.1 Å². The molecule has 1 N–H and O–H groups in total. The van der Waals surface area contributed by atoms with Crippen molar-refractivity contribution in [2.45, 2.75) is 25.8 Å². The van der Waals surface area contributed by atoms with Gasteiger partial charge in [-0.1, -0.05) is 0 Å². The monoisotopic (exact) mass is 217 g/mol. The summed E-state index contributed by atoms with van der Waals surface area (Å²) in [6, 6.07) is 4.28. The molecule has 2 heterocycles. The minimum atomic E-state index is 0.371. The average molecular weight is 217 g/mol. The average Bonchev–Trinajstić information content (AvgIpc) is 2.81. The lowest BCUT2D eigenvalue weighted by Gasteiger charge is -2.13. The molecule has 0 bridgehead atoms. The van der Waals surface area contributed by atoms with Gasteiger partial charge in [0.05, 0.1) is 24.3 Å². The van der Waals surface area contributed by atoms with Gasteiger partial charge in [0, 0.05) is 12.5 Å². The van der Waals surface area contributed by atoms with Crippen LogP contribution in [-0.4, -0.2) is 16.0 Å². The summed E-state index contributed by atoms with van der Waals surface area (Å²) in [5, 5.41) is 3.34. The van der Waals surface area contributed by atoms with E-state index in [9.17, 15) is 0 Å². The second-order valence-corrected chi connectivity index (χ2v) is 3.79. The zero-order valence-electron chi connectivity index (χ0n) is 9.26. The van der Waals surface area contributed by atoms with Crippen LogP contribution in [0.2, 0.25) is 0 Å². The number of hydrogen-bond donors (Lipinski definition) is 1. The maximum absolute atomic E-state index is 5.28. The largest absolute Gasteiger partial charge is 0.469 e. The smallest absolute Gasteiger partial charge is 0.115 e. The van der Waals surface area contributed by atoms with Gasteiger partial charge < -0.3 is 9.73 Å². The zero-order valence-corrected chi connectivity index (χ0v) is 9.26. The Morgan fingerprint density at radius 2 is 2.19 bits per heavy atom. The Kier molecular flexibility index (Phi) is 3.53. The number of aromatic nitrogens is 2. The van der Waals surface area contributed by atoms with Gasteiger partial charge in [-0.25, -0.2) is 9.97 Å². The van der Waals surface area contributed by atoms with Crippen LogP contribution in [0, 0.1) is 0 Å². The first-order valence-electron chi connectivity index (χ1n) is 5.38. The van der Waals surface area contributed by atoms with Crippen LogP contribution in [0.3, 0.4) is 0 Å². The van der Waals surface area contributed by atoms with Crippen LogP contribution in [0.5, 0.6) is 0 Å². The number of nitrogens with zero attached hydrogens (tertiary/aromatic N) is 2. The van der Waals surface area contributed by atoms with Gasteiger partial charge in [-0.3, -0.25) is 0 Å². The van der Waals surface area contributed by atoms with Gasteiger partial charge in [-0.2, -0.15) is 0 Å². The van der Waals surface area contributed by atoms with E-state index in [1.54, 1.807) is 18.7 Å². The quantitative estimate of drug-likeness (QED) is 0.836. The van der Waals surface area contributed by atoms with E-state index >= 15 is 0 Å². The van der Waals surface area contributed by atoms with E-state index in [-0.39, 0.29) is 0 Å². The standard InChI is InChI=1S/C12H15N3O/c1-10(4-5-12-3-2-6-16-12)15-11-7-13-9-14-8-11/h2-3,6-10,15H,4-5H2,1H3. The van der Waals surface area contributed by atoms with Crippen LogP contribution < -0.4 is 5.32 Å². The van der Waals surface area contributed by atoms with Crippen molar-refractivity contribution in [3.05, 3.63) is 42.9 Å². The van der Waals surface area contributed by atoms with E-state index in [2.05, 4.69) is 22.2 Å². The Labute approximate surface area is 94.7 Å². The molecule has 16 heavy (non-hydrogen) atoms. The van der Waals surface area contributed by atoms with E-state index in [4.69, 9.17) is 4.42 Å². The summed E-state index contributed by atoms with van der Waals surface area (Å²) in [5.41, 5.74) is 0.953. The van der Waals surface area contributed by atoms with Crippen molar-refractivity contribution >= 4 is 5.69 Å². The third kappa shape index (κ3) is 3.08.